The van der Waals surface area contributed by atoms with E-state index in [4.69, 9.17) is 24.5 Å². The maximum absolute atomic E-state index is 5.85. The van der Waals surface area contributed by atoms with E-state index < -0.39 is 0 Å². The van der Waals surface area contributed by atoms with Gasteiger partial charge in [0.2, 0.25) is 0 Å². The van der Waals surface area contributed by atoms with Crippen molar-refractivity contribution in [2.45, 2.75) is 26.2 Å². The molecule has 0 saturated heterocycles. The average molecular weight is 292 g/mol. The molecule has 0 spiro atoms. The summed E-state index contributed by atoms with van der Waals surface area (Å²) in [7, 11) is 3.20. The highest BCUT2D eigenvalue weighted by atomic mass is 16.5. The lowest BCUT2D eigenvalue weighted by Crippen LogP contribution is -2.05. The Morgan fingerprint density at radius 1 is 1.19 bits per heavy atom. The highest BCUT2D eigenvalue weighted by Gasteiger charge is 2.10. The predicted octanol–water partition coefficient (Wildman–Crippen LogP) is 2.43. The van der Waals surface area contributed by atoms with Crippen molar-refractivity contribution in [3.63, 3.8) is 0 Å². The molecule has 114 valence electrons. The Morgan fingerprint density at radius 2 is 2.00 bits per heavy atom. The lowest BCUT2D eigenvalue weighted by Gasteiger charge is -2.12. The van der Waals surface area contributed by atoms with E-state index in [9.17, 15) is 0 Å². The zero-order valence-electron chi connectivity index (χ0n) is 12.5. The minimum absolute atomic E-state index is 0.0555. The van der Waals surface area contributed by atoms with Crippen molar-refractivity contribution in [3.8, 4) is 11.5 Å². The average Bonchev–Trinajstić information content (AvgIpc) is 2.93. The summed E-state index contributed by atoms with van der Waals surface area (Å²) in [6.07, 6.45) is 0. The van der Waals surface area contributed by atoms with Gasteiger partial charge in [0.05, 0.1) is 7.11 Å². The van der Waals surface area contributed by atoms with Crippen molar-refractivity contribution < 1.29 is 18.7 Å². The minimum atomic E-state index is -0.0555. The summed E-state index contributed by atoms with van der Waals surface area (Å²) < 4.78 is 21.1. The van der Waals surface area contributed by atoms with Gasteiger partial charge in [0.25, 0.3) is 0 Å². The second-order valence-corrected chi connectivity index (χ2v) is 4.71. The molecule has 1 aromatic heterocycles. The lowest BCUT2D eigenvalue weighted by molar-refractivity contribution is 0.155. The first-order valence-electron chi connectivity index (χ1n) is 6.63. The molecule has 0 amide bonds. The number of hydrogen-bond acceptors (Lipinski definition) is 6. The molecule has 1 atom stereocenters. The topological polar surface area (TPSA) is 79.7 Å². The summed E-state index contributed by atoms with van der Waals surface area (Å²) in [6, 6.07) is 7.38. The second kappa shape index (κ2) is 7.10. The first-order chi connectivity index (χ1) is 10.1. The van der Waals surface area contributed by atoms with Gasteiger partial charge in [-0.1, -0.05) is 11.2 Å². The van der Waals surface area contributed by atoms with Crippen molar-refractivity contribution in [1.29, 1.82) is 0 Å². The zero-order valence-corrected chi connectivity index (χ0v) is 12.5. The van der Waals surface area contributed by atoms with Crippen LogP contribution in [0.4, 0.5) is 0 Å². The number of methoxy groups -OCH3 is 2. The number of nitrogens with two attached hydrogens (primary N) is 1. The van der Waals surface area contributed by atoms with Gasteiger partial charge in [0, 0.05) is 19.2 Å². The van der Waals surface area contributed by atoms with Gasteiger partial charge in [-0.05, 0) is 24.6 Å². The quantitative estimate of drug-likeness (QED) is 0.844. The molecule has 0 saturated carbocycles. The van der Waals surface area contributed by atoms with Gasteiger partial charge in [0.15, 0.2) is 17.3 Å². The molecule has 6 heteroatoms. The Balaban J connectivity index is 2.04. The molecule has 1 aromatic carbocycles. The summed E-state index contributed by atoms with van der Waals surface area (Å²) in [6.45, 7) is 2.60. The first-order valence-corrected chi connectivity index (χ1v) is 6.63. The fourth-order valence-corrected chi connectivity index (χ4v) is 1.87. The van der Waals surface area contributed by atoms with Crippen LogP contribution in [0.5, 0.6) is 11.5 Å². The van der Waals surface area contributed by atoms with Crippen LogP contribution < -0.4 is 15.2 Å². The molecule has 1 heterocycles. The van der Waals surface area contributed by atoms with Gasteiger partial charge >= 0.3 is 0 Å². The Hall–Kier alpha value is -2.05. The van der Waals surface area contributed by atoms with Gasteiger partial charge in [-0.15, -0.1) is 0 Å². The molecular formula is C15H20N2O4. The van der Waals surface area contributed by atoms with E-state index in [0.717, 1.165) is 5.56 Å². The van der Waals surface area contributed by atoms with Gasteiger partial charge in [-0.3, -0.25) is 0 Å². The lowest BCUT2D eigenvalue weighted by atomic mass is 10.1. The van der Waals surface area contributed by atoms with Gasteiger partial charge in [-0.2, -0.15) is 0 Å². The van der Waals surface area contributed by atoms with Crippen LogP contribution >= 0.6 is 0 Å². The molecule has 0 aliphatic rings. The van der Waals surface area contributed by atoms with Crippen molar-refractivity contribution in [1.82, 2.24) is 5.16 Å². The van der Waals surface area contributed by atoms with Crippen LogP contribution in [0, 0.1) is 0 Å². The maximum atomic E-state index is 5.85. The molecule has 0 aliphatic heterocycles. The number of nitrogens with zero attached hydrogens (tertiary/aromatic N) is 1. The SMILES string of the molecule is COCc1cc(COc2ccc([C@H](C)N)cc2OC)no1. The van der Waals surface area contributed by atoms with Crippen molar-refractivity contribution >= 4 is 0 Å². The van der Waals surface area contributed by atoms with Crippen LogP contribution in [-0.2, 0) is 18.0 Å². The normalized spacial score (nSPS) is 12.2. The smallest absolute Gasteiger partial charge is 0.162 e. The Labute approximate surface area is 123 Å². The van der Waals surface area contributed by atoms with Crippen LogP contribution in [0.25, 0.3) is 0 Å². The Morgan fingerprint density at radius 3 is 2.67 bits per heavy atom. The largest absolute Gasteiger partial charge is 0.493 e. The van der Waals surface area contributed by atoms with E-state index in [1.54, 1.807) is 20.3 Å². The van der Waals surface area contributed by atoms with E-state index in [2.05, 4.69) is 5.16 Å². The summed E-state index contributed by atoms with van der Waals surface area (Å²) in [4.78, 5) is 0. The van der Waals surface area contributed by atoms with Crippen molar-refractivity contribution in [2.75, 3.05) is 14.2 Å². The van der Waals surface area contributed by atoms with E-state index in [1.165, 1.54) is 0 Å². The summed E-state index contributed by atoms with van der Waals surface area (Å²) >= 11 is 0. The van der Waals surface area contributed by atoms with Crippen LogP contribution in [0.3, 0.4) is 0 Å². The van der Waals surface area contributed by atoms with Crippen LogP contribution in [0.15, 0.2) is 28.8 Å². The fourth-order valence-electron chi connectivity index (χ4n) is 1.87. The molecule has 0 radical (unpaired) electrons. The fraction of sp³-hybridized carbons (Fsp3) is 0.400. The number of hydrogen-bond donors (Lipinski definition) is 1. The molecule has 6 nitrogen and oxygen atoms in total. The molecule has 2 aromatic rings. The summed E-state index contributed by atoms with van der Waals surface area (Å²) in [5, 5.41) is 3.91. The molecule has 0 aliphatic carbocycles. The van der Waals surface area contributed by atoms with Gasteiger partial charge in [-0.25, -0.2) is 0 Å². The van der Waals surface area contributed by atoms with Crippen molar-refractivity contribution in [2.24, 2.45) is 5.73 Å². The summed E-state index contributed by atoms with van der Waals surface area (Å²) in [5.41, 5.74) is 7.54. The third-order valence-electron chi connectivity index (χ3n) is 2.98. The Kier molecular flexibility index (Phi) is 5.19. The standard InChI is InChI=1S/C15H20N2O4/c1-10(16)11-4-5-14(15(6-11)19-3)20-8-12-7-13(9-18-2)21-17-12/h4-7,10H,8-9,16H2,1-3H3/t10-/m0/s1. The number of rotatable bonds is 7. The third kappa shape index (κ3) is 3.96. The van der Waals surface area contributed by atoms with E-state index >= 15 is 0 Å². The van der Waals surface area contributed by atoms with Gasteiger partial charge in [0.1, 0.15) is 18.9 Å². The molecule has 0 fully saturated rings. The molecule has 2 rings (SSSR count). The summed E-state index contributed by atoms with van der Waals surface area (Å²) in [5.74, 6) is 1.94. The number of aromatic nitrogens is 1. The number of ether oxygens (including phenoxy) is 3. The molecule has 0 bridgehead atoms. The maximum Gasteiger partial charge on any atom is 0.162 e. The molecule has 21 heavy (non-hydrogen) atoms. The van der Waals surface area contributed by atoms with Gasteiger partial charge < -0.3 is 24.5 Å². The predicted molar refractivity (Wildman–Crippen MR) is 77.1 cm³/mol. The van der Waals surface area contributed by atoms with E-state index in [-0.39, 0.29) is 6.04 Å². The highest BCUT2D eigenvalue weighted by molar-refractivity contribution is 5.43. The number of benzene rings is 1. The van der Waals surface area contributed by atoms with E-state index in [1.807, 2.05) is 25.1 Å². The van der Waals surface area contributed by atoms with Crippen LogP contribution in [-0.4, -0.2) is 19.4 Å². The Bertz CT molecular complexity index is 581. The highest BCUT2D eigenvalue weighted by Crippen LogP contribution is 2.30. The molecular weight excluding hydrogens is 272 g/mol. The first kappa shape index (κ1) is 15.3. The molecule has 2 N–H and O–H groups in total. The van der Waals surface area contributed by atoms with Crippen molar-refractivity contribution in [3.05, 3.63) is 41.3 Å². The second-order valence-electron chi connectivity index (χ2n) is 4.71. The zero-order chi connectivity index (χ0) is 15.2. The third-order valence-corrected chi connectivity index (χ3v) is 2.98. The molecule has 0 unspecified atom stereocenters. The van der Waals surface area contributed by atoms with E-state index in [0.29, 0.717) is 36.2 Å². The monoisotopic (exact) mass is 292 g/mol. The minimum Gasteiger partial charge on any atom is -0.493 e. The van der Waals surface area contributed by atoms with Crippen LogP contribution in [0.2, 0.25) is 0 Å². The van der Waals surface area contributed by atoms with Crippen LogP contribution in [0.1, 0.15) is 30.0 Å².